The Morgan fingerprint density at radius 3 is 2.24 bits per heavy atom. The summed E-state index contributed by atoms with van der Waals surface area (Å²) in [5, 5.41) is 0. The maximum atomic E-state index is 11.6. The average Bonchev–Trinajstić information content (AvgIpc) is 2.65. The molecule has 154 valence electrons. The minimum absolute atomic E-state index is 0.279. The fourth-order valence-electron chi connectivity index (χ4n) is 2.99. The van der Waals surface area contributed by atoms with E-state index in [0.717, 1.165) is 10.0 Å². The van der Waals surface area contributed by atoms with Gasteiger partial charge < -0.3 is 14.2 Å². The predicted octanol–water partition coefficient (Wildman–Crippen LogP) is 1.64. The highest BCUT2D eigenvalue weighted by atomic mass is 79.9. The van der Waals surface area contributed by atoms with E-state index in [2.05, 4.69) is 15.9 Å². The van der Waals surface area contributed by atoms with E-state index in [1.165, 1.54) is 26.4 Å². The van der Waals surface area contributed by atoms with Gasteiger partial charge in [-0.05, 0) is 48.4 Å². The van der Waals surface area contributed by atoms with Crippen molar-refractivity contribution in [3.05, 3.63) is 69.4 Å². The molecule has 1 atom stereocenters. The van der Waals surface area contributed by atoms with Crippen LogP contribution in [0.4, 0.5) is 0 Å². The summed E-state index contributed by atoms with van der Waals surface area (Å²) < 4.78 is 56.8. The highest BCUT2D eigenvalue weighted by Crippen LogP contribution is 2.44. The topological polar surface area (TPSA) is 106 Å². The fourth-order valence-corrected chi connectivity index (χ4v) is 3.70. The molecule has 2 aromatic rings. The second-order valence-electron chi connectivity index (χ2n) is 6.16. The predicted molar refractivity (Wildman–Crippen MR) is 100 cm³/mol. The number of methoxy groups -OCH3 is 2. The standard InChI is InChI=1S/C20H18BrClO7/c1-13-10-15-11-18(26-2)19(27-3)12-17(15)20(28-13,29-22(23,24)25)9-8-14-4-6-16(21)7-5-14/h4-12H,1-3H3. The minimum atomic E-state index is -4.82. The van der Waals surface area contributed by atoms with Crippen molar-refractivity contribution in [2.45, 2.75) is 12.7 Å². The number of benzene rings is 2. The first-order valence-electron chi connectivity index (χ1n) is 8.36. The van der Waals surface area contributed by atoms with E-state index in [1.54, 1.807) is 37.3 Å². The first-order chi connectivity index (χ1) is 13.7. The van der Waals surface area contributed by atoms with Crippen LogP contribution < -0.4 is 23.5 Å². The summed E-state index contributed by atoms with van der Waals surface area (Å²) in [6.45, 7) is 1.62. The third kappa shape index (κ3) is 4.92. The summed E-state index contributed by atoms with van der Waals surface area (Å²) in [6.07, 6.45) is 4.66. The van der Waals surface area contributed by atoms with Crippen LogP contribution in [0, 0.1) is 10.2 Å². The first kappa shape index (κ1) is 21.6. The number of fused-ring (bicyclic) bond motifs is 1. The van der Waals surface area contributed by atoms with E-state index in [0.29, 0.717) is 22.8 Å². The molecule has 1 aliphatic heterocycles. The lowest BCUT2D eigenvalue weighted by molar-refractivity contribution is -1.92. The van der Waals surface area contributed by atoms with Gasteiger partial charge in [-0.25, -0.2) is 0 Å². The van der Waals surface area contributed by atoms with E-state index in [4.69, 9.17) is 18.5 Å². The summed E-state index contributed by atoms with van der Waals surface area (Å²) in [6, 6.07) is 10.4. The lowest BCUT2D eigenvalue weighted by Gasteiger charge is -2.32. The number of hydrogen-bond acceptors (Lipinski definition) is 7. The maximum absolute atomic E-state index is 11.6. The third-order valence-corrected chi connectivity index (χ3v) is 5.12. The zero-order chi connectivity index (χ0) is 21.2. The summed E-state index contributed by atoms with van der Waals surface area (Å²) in [5.41, 5.74) is 1.58. The van der Waals surface area contributed by atoms with Crippen LogP contribution in [-0.2, 0) is 14.8 Å². The molecule has 9 heteroatoms. The van der Waals surface area contributed by atoms with Crippen LogP contribution in [-0.4, -0.2) is 14.2 Å². The molecule has 0 bridgehead atoms. The van der Waals surface area contributed by atoms with E-state index >= 15 is 0 Å². The molecule has 2 aromatic carbocycles. The van der Waals surface area contributed by atoms with Crippen molar-refractivity contribution < 1.29 is 42.7 Å². The molecule has 0 aromatic heterocycles. The molecular formula is C20H18BrClO7. The Morgan fingerprint density at radius 1 is 1.03 bits per heavy atom. The number of hydrogen-bond donors (Lipinski definition) is 0. The Balaban J connectivity index is 2.18. The molecule has 3 rings (SSSR count). The van der Waals surface area contributed by atoms with E-state index in [9.17, 15) is 14.0 Å². The molecule has 7 nitrogen and oxygen atoms in total. The normalized spacial score (nSPS) is 18.8. The fraction of sp³-hybridized carbons (Fsp3) is 0.200. The zero-order valence-corrected chi connectivity index (χ0v) is 18.2. The lowest BCUT2D eigenvalue weighted by atomic mass is 9.94. The highest BCUT2D eigenvalue weighted by Gasteiger charge is 2.52. The molecular weight excluding hydrogens is 468 g/mol. The summed E-state index contributed by atoms with van der Waals surface area (Å²) in [5.74, 6) is -0.898. The molecule has 0 radical (unpaired) electrons. The van der Waals surface area contributed by atoms with Crippen molar-refractivity contribution in [3.63, 3.8) is 0 Å². The smallest absolute Gasteiger partial charge is 0.408 e. The van der Waals surface area contributed by atoms with Crippen molar-refractivity contribution in [2.75, 3.05) is 14.2 Å². The molecule has 0 saturated heterocycles. The van der Waals surface area contributed by atoms with Crippen LogP contribution in [0.2, 0.25) is 0 Å². The van der Waals surface area contributed by atoms with Gasteiger partial charge in [0.1, 0.15) is 4.29 Å². The zero-order valence-electron chi connectivity index (χ0n) is 15.8. The minimum Gasteiger partial charge on any atom is -0.493 e. The van der Waals surface area contributed by atoms with Crippen LogP contribution in [0.25, 0.3) is 12.2 Å². The van der Waals surface area contributed by atoms with Crippen molar-refractivity contribution in [3.8, 4) is 11.5 Å². The van der Waals surface area contributed by atoms with Gasteiger partial charge in [-0.15, -0.1) is 0 Å². The summed E-state index contributed by atoms with van der Waals surface area (Å²) in [7, 11) is -1.89. The Kier molecular flexibility index (Phi) is 6.23. The Labute approximate surface area is 178 Å². The molecule has 0 amide bonds. The van der Waals surface area contributed by atoms with Gasteiger partial charge in [0.15, 0.2) is 11.5 Å². The van der Waals surface area contributed by atoms with E-state index in [1.807, 2.05) is 12.1 Å². The molecule has 0 N–H and O–H groups in total. The van der Waals surface area contributed by atoms with Gasteiger partial charge in [0.2, 0.25) is 0 Å². The van der Waals surface area contributed by atoms with Gasteiger partial charge in [0.25, 0.3) is 0 Å². The molecule has 29 heavy (non-hydrogen) atoms. The van der Waals surface area contributed by atoms with Crippen LogP contribution >= 0.6 is 15.9 Å². The Bertz CT molecular complexity index is 951. The summed E-state index contributed by atoms with van der Waals surface area (Å²) >= 11 is 3.35. The first-order valence-corrected chi connectivity index (χ1v) is 10.4. The molecule has 0 saturated carbocycles. The van der Waals surface area contributed by atoms with Crippen LogP contribution in [0.3, 0.4) is 0 Å². The van der Waals surface area contributed by atoms with Crippen molar-refractivity contribution in [1.29, 1.82) is 0 Å². The van der Waals surface area contributed by atoms with Gasteiger partial charge in [0, 0.05) is 10.5 Å². The quantitative estimate of drug-likeness (QED) is 0.612. The number of ether oxygens (including phenoxy) is 3. The second-order valence-corrected chi connectivity index (χ2v) is 7.98. The average molecular weight is 486 g/mol. The van der Waals surface area contributed by atoms with Crippen molar-refractivity contribution in [1.82, 2.24) is 0 Å². The third-order valence-electron chi connectivity index (χ3n) is 4.18. The molecule has 0 spiro atoms. The number of allylic oxidation sites excluding steroid dienone is 1. The molecule has 1 unspecified atom stereocenters. The van der Waals surface area contributed by atoms with Crippen LogP contribution in [0.1, 0.15) is 23.6 Å². The van der Waals surface area contributed by atoms with Crippen molar-refractivity contribution >= 4 is 28.1 Å². The highest BCUT2D eigenvalue weighted by molar-refractivity contribution is 9.10. The lowest BCUT2D eigenvalue weighted by Crippen LogP contribution is -2.64. The number of rotatable bonds is 6. The molecule has 0 aliphatic carbocycles. The SMILES string of the molecule is COc1cc2c(cc1OC)C(C=Cc1ccc(Br)cc1)(O[Cl+3]([O-])([O-])[O-])OC(C)=C2. The van der Waals surface area contributed by atoms with Gasteiger partial charge in [-0.2, -0.15) is 14.0 Å². The van der Waals surface area contributed by atoms with Crippen LogP contribution in [0.15, 0.2) is 52.7 Å². The van der Waals surface area contributed by atoms with Gasteiger partial charge in [-0.1, -0.05) is 34.1 Å². The largest absolute Gasteiger partial charge is 0.493 e. The van der Waals surface area contributed by atoms with Crippen molar-refractivity contribution in [2.24, 2.45) is 0 Å². The second kappa shape index (κ2) is 8.35. The Hall–Kier alpha value is -2.07. The maximum Gasteiger partial charge on any atom is 0.408 e. The molecule has 1 aliphatic rings. The summed E-state index contributed by atoms with van der Waals surface area (Å²) in [4.78, 5) is 0. The van der Waals surface area contributed by atoms with E-state index in [-0.39, 0.29) is 5.56 Å². The Morgan fingerprint density at radius 2 is 1.66 bits per heavy atom. The monoisotopic (exact) mass is 484 g/mol. The van der Waals surface area contributed by atoms with Crippen LogP contribution in [0.5, 0.6) is 11.5 Å². The molecule has 0 fully saturated rings. The molecule has 1 heterocycles. The van der Waals surface area contributed by atoms with E-state index < -0.39 is 16.0 Å². The van der Waals surface area contributed by atoms with Gasteiger partial charge >= 0.3 is 5.79 Å². The number of halogens is 2. The van der Waals surface area contributed by atoms with Gasteiger partial charge in [0.05, 0.1) is 35.8 Å². The van der Waals surface area contributed by atoms with Gasteiger partial charge in [-0.3, -0.25) is 0 Å².